The lowest BCUT2D eigenvalue weighted by Crippen LogP contribution is -2.55. The molecular formula is C30H46N4O5. The minimum absolute atomic E-state index is 0.00875. The minimum atomic E-state index is -1.07. The molecule has 9 heteroatoms. The smallest absolute Gasteiger partial charge is 0.408 e. The van der Waals surface area contributed by atoms with Crippen molar-refractivity contribution in [1.82, 2.24) is 15.5 Å². The van der Waals surface area contributed by atoms with Crippen molar-refractivity contribution >= 4 is 23.8 Å². The lowest BCUT2D eigenvalue weighted by Gasteiger charge is -2.36. The Hall–Kier alpha value is -3.10. The van der Waals surface area contributed by atoms with Crippen LogP contribution in [-0.2, 0) is 19.1 Å². The topological polar surface area (TPSA) is 131 Å². The standard InChI is InChI=1S/C30H46N4O5/c1-18-14-19(2)16-21(15-18)26(27(36)32-22-10-8-7-9-11-22)34(24-17-20(24)3)28(37)23(12-13-25(31)35)33-29(38)39-30(4,5)6/h14-16,20,22-24,26H,7-13,17H2,1-6H3,(H2,31,35)(H,32,36)(H,33,38). The van der Waals surface area contributed by atoms with Crippen molar-refractivity contribution in [2.45, 2.75) is 123 Å². The number of rotatable bonds is 10. The molecule has 3 rings (SSSR count). The molecule has 0 heterocycles. The molecule has 4 amide bonds. The molecule has 0 spiro atoms. The van der Waals surface area contributed by atoms with Crippen molar-refractivity contribution in [3.05, 3.63) is 34.9 Å². The van der Waals surface area contributed by atoms with Gasteiger partial charge in [0.15, 0.2) is 0 Å². The van der Waals surface area contributed by atoms with Gasteiger partial charge in [-0.05, 0) is 71.8 Å². The summed E-state index contributed by atoms with van der Waals surface area (Å²) in [6.45, 7) is 11.2. The van der Waals surface area contributed by atoms with Gasteiger partial charge >= 0.3 is 6.09 Å². The summed E-state index contributed by atoms with van der Waals surface area (Å²) in [6, 6.07) is 3.89. The van der Waals surface area contributed by atoms with Crippen LogP contribution >= 0.6 is 0 Å². The molecule has 0 saturated heterocycles. The second-order valence-corrected chi connectivity index (χ2v) is 12.4. The number of alkyl carbamates (subject to hydrolysis) is 1. The van der Waals surface area contributed by atoms with Gasteiger partial charge in [-0.25, -0.2) is 4.79 Å². The third-order valence-electron chi connectivity index (χ3n) is 7.39. The van der Waals surface area contributed by atoms with Crippen molar-refractivity contribution in [3.63, 3.8) is 0 Å². The maximum absolute atomic E-state index is 14.3. The number of nitrogens with one attached hydrogen (secondary N) is 2. The van der Waals surface area contributed by atoms with Crippen LogP contribution in [0.1, 0.15) is 102 Å². The Kier molecular flexibility index (Phi) is 10.0. The number of ether oxygens (including phenoxy) is 1. The van der Waals surface area contributed by atoms with Crippen molar-refractivity contribution < 1.29 is 23.9 Å². The zero-order valence-corrected chi connectivity index (χ0v) is 24.3. The predicted molar refractivity (Wildman–Crippen MR) is 150 cm³/mol. The fourth-order valence-corrected chi connectivity index (χ4v) is 5.48. The highest BCUT2D eigenvalue weighted by Gasteiger charge is 2.48. The number of hydrogen-bond donors (Lipinski definition) is 3. The van der Waals surface area contributed by atoms with E-state index in [1.165, 1.54) is 0 Å². The summed E-state index contributed by atoms with van der Waals surface area (Å²) in [6.07, 6.45) is 5.03. The van der Waals surface area contributed by atoms with Gasteiger partial charge in [0.05, 0.1) is 0 Å². The van der Waals surface area contributed by atoms with E-state index in [9.17, 15) is 19.2 Å². The summed E-state index contributed by atoms with van der Waals surface area (Å²) in [4.78, 5) is 54.3. The lowest BCUT2D eigenvalue weighted by atomic mass is 9.93. The van der Waals surface area contributed by atoms with E-state index in [1.807, 2.05) is 39.0 Å². The maximum atomic E-state index is 14.3. The van der Waals surface area contributed by atoms with Crippen LogP contribution in [0, 0.1) is 19.8 Å². The van der Waals surface area contributed by atoms with E-state index >= 15 is 0 Å². The average Bonchev–Trinajstić information content (AvgIpc) is 3.53. The summed E-state index contributed by atoms with van der Waals surface area (Å²) >= 11 is 0. The Morgan fingerprint density at radius 2 is 1.64 bits per heavy atom. The first-order valence-electron chi connectivity index (χ1n) is 14.2. The van der Waals surface area contributed by atoms with Crippen LogP contribution in [0.2, 0.25) is 0 Å². The van der Waals surface area contributed by atoms with Crippen LogP contribution in [0.25, 0.3) is 0 Å². The van der Waals surface area contributed by atoms with Crippen molar-refractivity contribution in [1.29, 1.82) is 0 Å². The minimum Gasteiger partial charge on any atom is -0.444 e. The van der Waals surface area contributed by atoms with Gasteiger partial charge in [0, 0.05) is 18.5 Å². The van der Waals surface area contributed by atoms with E-state index in [0.29, 0.717) is 0 Å². The number of primary amides is 1. The number of nitrogens with two attached hydrogens (primary N) is 1. The average molecular weight is 543 g/mol. The SMILES string of the molecule is Cc1cc(C)cc(C(C(=O)NC2CCCCC2)N(C(=O)C(CCC(N)=O)NC(=O)OC(C)(C)C)C2CC2C)c1. The molecular weight excluding hydrogens is 496 g/mol. The van der Waals surface area contributed by atoms with E-state index in [2.05, 4.69) is 10.6 Å². The zero-order chi connectivity index (χ0) is 28.9. The predicted octanol–water partition coefficient (Wildman–Crippen LogP) is 4.19. The van der Waals surface area contributed by atoms with Crippen LogP contribution in [0.3, 0.4) is 0 Å². The summed E-state index contributed by atoms with van der Waals surface area (Å²) in [5, 5.41) is 5.90. The highest BCUT2D eigenvalue weighted by atomic mass is 16.6. The molecule has 0 aromatic heterocycles. The number of nitrogens with zero attached hydrogens (tertiary/aromatic N) is 1. The Balaban J connectivity index is 2.00. The molecule has 2 saturated carbocycles. The van der Waals surface area contributed by atoms with Gasteiger partial charge in [-0.15, -0.1) is 0 Å². The molecule has 9 nitrogen and oxygen atoms in total. The molecule has 1 aromatic carbocycles. The normalized spacial score (nSPS) is 20.9. The first-order valence-corrected chi connectivity index (χ1v) is 14.2. The largest absolute Gasteiger partial charge is 0.444 e. The van der Waals surface area contributed by atoms with Crippen LogP contribution in [0.15, 0.2) is 18.2 Å². The van der Waals surface area contributed by atoms with Gasteiger partial charge < -0.3 is 26.0 Å². The maximum Gasteiger partial charge on any atom is 0.408 e. The van der Waals surface area contributed by atoms with Crippen molar-refractivity contribution in [2.75, 3.05) is 0 Å². The monoisotopic (exact) mass is 542 g/mol. The second-order valence-electron chi connectivity index (χ2n) is 12.4. The quantitative estimate of drug-likeness (QED) is 0.408. The molecule has 39 heavy (non-hydrogen) atoms. The van der Waals surface area contributed by atoms with E-state index < -0.39 is 35.6 Å². The molecule has 4 unspecified atom stereocenters. The van der Waals surface area contributed by atoms with Crippen molar-refractivity contribution in [2.24, 2.45) is 11.7 Å². The van der Waals surface area contributed by atoms with E-state index in [1.54, 1.807) is 25.7 Å². The Labute approximate surface area is 232 Å². The highest BCUT2D eigenvalue weighted by molar-refractivity contribution is 5.93. The zero-order valence-electron chi connectivity index (χ0n) is 24.3. The molecule has 4 N–H and O–H groups in total. The lowest BCUT2D eigenvalue weighted by molar-refractivity contribution is -0.144. The molecule has 4 atom stereocenters. The fourth-order valence-electron chi connectivity index (χ4n) is 5.48. The summed E-state index contributed by atoms with van der Waals surface area (Å²) in [7, 11) is 0. The van der Waals surface area contributed by atoms with Gasteiger partial charge in [0.25, 0.3) is 0 Å². The van der Waals surface area contributed by atoms with Crippen LogP contribution in [0.5, 0.6) is 0 Å². The molecule has 0 aliphatic heterocycles. The van der Waals surface area contributed by atoms with E-state index in [4.69, 9.17) is 10.5 Å². The van der Waals surface area contributed by atoms with Crippen LogP contribution in [-0.4, -0.2) is 52.4 Å². The summed E-state index contributed by atoms with van der Waals surface area (Å²) in [5.41, 5.74) is 7.36. The number of benzene rings is 1. The van der Waals surface area contributed by atoms with Crippen LogP contribution in [0.4, 0.5) is 4.79 Å². The van der Waals surface area contributed by atoms with E-state index in [0.717, 1.165) is 55.2 Å². The number of carbonyl (C=O) groups excluding carboxylic acids is 4. The Bertz CT molecular complexity index is 1040. The Morgan fingerprint density at radius 3 is 2.15 bits per heavy atom. The first kappa shape index (κ1) is 30.4. The molecule has 216 valence electrons. The molecule has 2 fully saturated rings. The third kappa shape index (κ3) is 8.97. The number of hydrogen-bond acceptors (Lipinski definition) is 5. The molecule has 0 radical (unpaired) electrons. The molecule has 2 aliphatic carbocycles. The first-order chi connectivity index (χ1) is 18.2. The van der Waals surface area contributed by atoms with Gasteiger partial charge in [-0.2, -0.15) is 0 Å². The van der Waals surface area contributed by atoms with Gasteiger partial charge in [0.2, 0.25) is 17.7 Å². The summed E-state index contributed by atoms with van der Waals surface area (Å²) in [5.74, 6) is -1.01. The van der Waals surface area contributed by atoms with Gasteiger partial charge in [0.1, 0.15) is 17.7 Å². The number of carbonyl (C=O) groups is 4. The third-order valence-corrected chi connectivity index (χ3v) is 7.39. The molecule has 2 aliphatic rings. The van der Waals surface area contributed by atoms with E-state index in [-0.39, 0.29) is 36.8 Å². The molecule has 1 aromatic rings. The number of amides is 4. The van der Waals surface area contributed by atoms with Gasteiger partial charge in [-0.3, -0.25) is 14.4 Å². The summed E-state index contributed by atoms with van der Waals surface area (Å²) < 4.78 is 5.41. The number of aryl methyl sites for hydroxylation is 2. The van der Waals surface area contributed by atoms with Gasteiger partial charge in [-0.1, -0.05) is 55.5 Å². The highest BCUT2D eigenvalue weighted by Crippen LogP contribution is 2.41. The fraction of sp³-hybridized carbons (Fsp3) is 0.667. The second kappa shape index (κ2) is 12.8. The van der Waals surface area contributed by atoms with Crippen molar-refractivity contribution in [3.8, 4) is 0 Å². The van der Waals surface area contributed by atoms with Crippen LogP contribution < -0.4 is 16.4 Å². The molecule has 0 bridgehead atoms. The Morgan fingerprint density at radius 1 is 1.05 bits per heavy atom.